The van der Waals surface area contributed by atoms with E-state index in [9.17, 15) is 0 Å². The molecule has 4 heteroatoms. The van der Waals surface area contributed by atoms with Crippen molar-refractivity contribution in [2.75, 3.05) is 0 Å². The lowest BCUT2D eigenvalue weighted by atomic mass is 9.95. The monoisotopic (exact) mass is 396 g/mol. The molecule has 4 heterocycles. The summed E-state index contributed by atoms with van der Waals surface area (Å²) in [4.78, 5) is 14.3. The van der Waals surface area contributed by atoms with Crippen molar-refractivity contribution < 1.29 is 0 Å². The molecule has 0 aliphatic heterocycles. The number of aromatic nitrogens is 4. The van der Waals surface area contributed by atoms with Gasteiger partial charge in [-0.2, -0.15) is 0 Å². The van der Waals surface area contributed by atoms with Crippen molar-refractivity contribution in [1.29, 1.82) is 0 Å². The third kappa shape index (κ3) is 1.84. The highest BCUT2D eigenvalue weighted by molar-refractivity contribution is 6.11. The van der Waals surface area contributed by atoms with Gasteiger partial charge in [-0.05, 0) is 46.4 Å². The van der Waals surface area contributed by atoms with E-state index in [1.165, 1.54) is 39.1 Å². The van der Waals surface area contributed by atoms with E-state index >= 15 is 0 Å². The Morgan fingerprint density at radius 2 is 1.65 bits per heavy atom. The van der Waals surface area contributed by atoms with Crippen LogP contribution in [0.2, 0.25) is 0 Å². The Hall–Kier alpha value is -4.05. The number of fused-ring (bicyclic) bond motifs is 14. The zero-order valence-electron chi connectivity index (χ0n) is 16.6. The predicted octanol–water partition coefficient (Wildman–Crippen LogP) is 5.57. The lowest BCUT2D eigenvalue weighted by Gasteiger charge is -2.13. The molecule has 4 aromatic heterocycles. The topological polar surface area (TPSA) is 43.1 Å². The third-order valence-corrected chi connectivity index (χ3v) is 6.94. The largest absolute Gasteiger partial charge is 0.290 e. The molecule has 0 fully saturated rings. The van der Waals surface area contributed by atoms with Crippen molar-refractivity contribution in [1.82, 2.24) is 19.4 Å². The van der Waals surface area contributed by atoms with Crippen LogP contribution >= 0.6 is 0 Å². The van der Waals surface area contributed by atoms with E-state index in [1.807, 2.05) is 24.7 Å². The summed E-state index contributed by atoms with van der Waals surface area (Å²) in [6.45, 7) is 0. The molecule has 2 aromatic carbocycles. The molecule has 6 aromatic rings. The van der Waals surface area contributed by atoms with Gasteiger partial charge in [0.05, 0.1) is 16.9 Å². The summed E-state index contributed by atoms with van der Waals surface area (Å²) in [6.07, 6.45) is 7.54. The first kappa shape index (κ1) is 15.7. The van der Waals surface area contributed by atoms with Crippen LogP contribution in [0.4, 0.5) is 0 Å². The molecule has 0 radical (unpaired) electrons. The summed E-state index contributed by atoms with van der Waals surface area (Å²) in [7, 11) is 0. The fourth-order valence-corrected chi connectivity index (χ4v) is 5.69. The van der Waals surface area contributed by atoms with E-state index in [0.29, 0.717) is 0 Å². The zero-order valence-corrected chi connectivity index (χ0v) is 16.6. The number of rotatable bonds is 0. The van der Waals surface area contributed by atoms with E-state index in [-0.39, 0.29) is 0 Å². The lowest BCUT2D eigenvalue weighted by molar-refractivity contribution is 1.16. The number of imidazole rings is 1. The van der Waals surface area contributed by atoms with E-state index < -0.39 is 0 Å². The molecule has 4 nitrogen and oxygen atoms in total. The Morgan fingerprint density at radius 3 is 2.61 bits per heavy atom. The van der Waals surface area contributed by atoms with Crippen molar-refractivity contribution in [2.45, 2.75) is 12.8 Å². The summed E-state index contributed by atoms with van der Waals surface area (Å²) in [5, 5.41) is 2.21. The van der Waals surface area contributed by atoms with Crippen LogP contribution in [0.25, 0.3) is 49.8 Å². The highest BCUT2D eigenvalue weighted by Gasteiger charge is 2.32. The Balaban J connectivity index is 1.59. The van der Waals surface area contributed by atoms with Gasteiger partial charge in [0, 0.05) is 41.3 Å². The van der Waals surface area contributed by atoms with Gasteiger partial charge in [0.15, 0.2) is 5.65 Å². The van der Waals surface area contributed by atoms with Gasteiger partial charge in [0.1, 0.15) is 5.52 Å². The van der Waals surface area contributed by atoms with Crippen molar-refractivity contribution in [3.63, 3.8) is 0 Å². The van der Waals surface area contributed by atoms with Gasteiger partial charge in [-0.15, -0.1) is 0 Å². The van der Waals surface area contributed by atoms with Gasteiger partial charge in [0.25, 0.3) is 0 Å². The van der Waals surface area contributed by atoms with Gasteiger partial charge >= 0.3 is 0 Å². The molecule has 144 valence electrons. The second-order valence-corrected chi connectivity index (χ2v) is 8.50. The molecular formula is C27H16N4. The van der Waals surface area contributed by atoms with Crippen molar-refractivity contribution in [3.8, 4) is 22.4 Å². The Kier molecular flexibility index (Phi) is 2.72. The quantitative estimate of drug-likeness (QED) is 0.315. The molecule has 0 saturated heterocycles. The summed E-state index contributed by atoms with van der Waals surface area (Å²) >= 11 is 0. The van der Waals surface area contributed by atoms with Crippen LogP contribution in [0, 0.1) is 0 Å². The first-order chi connectivity index (χ1) is 15.4. The molecular weight excluding hydrogens is 380 g/mol. The minimum atomic E-state index is 0.864. The zero-order chi connectivity index (χ0) is 20.1. The highest BCUT2D eigenvalue weighted by Crippen LogP contribution is 2.50. The predicted molar refractivity (Wildman–Crippen MR) is 122 cm³/mol. The SMILES string of the molecule is c1ccc2c(c1)Cc1ccc3c(c1-2)-c1c(nc2c4ncccc4c4cnccc4n12)C3. The van der Waals surface area contributed by atoms with Crippen LogP contribution in [0.1, 0.15) is 22.4 Å². The average Bonchev–Trinajstić information content (AvgIpc) is 3.48. The summed E-state index contributed by atoms with van der Waals surface area (Å²) in [5.74, 6) is 0. The van der Waals surface area contributed by atoms with E-state index in [4.69, 9.17) is 9.97 Å². The molecule has 0 bridgehead atoms. The molecule has 2 aliphatic rings. The maximum atomic E-state index is 5.15. The van der Waals surface area contributed by atoms with Gasteiger partial charge in [-0.1, -0.05) is 42.5 Å². The molecule has 0 saturated carbocycles. The Bertz CT molecular complexity index is 1740. The van der Waals surface area contributed by atoms with Gasteiger partial charge in [-0.3, -0.25) is 14.4 Å². The fraction of sp³-hybridized carbons (Fsp3) is 0.0741. The molecule has 31 heavy (non-hydrogen) atoms. The van der Waals surface area contributed by atoms with Crippen LogP contribution in [0.15, 0.2) is 73.2 Å². The second-order valence-electron chi connectivity index (χ2n) is 8.50. The van der Waals surface area contributed by atoms with Gasteiger partial charge in [-0.25, -0.2) is 4.98 Å². The minimum Gasteiger partial charge on any atom is -0.290 e. The maximum absolute atomic E-state index is 5.15. The summed E-state index contributed by atoms with van der Waals surface area (Å²) < 4.78 is 2.33. The van der Waals surface area contributed by atoms with Crippen LogP contribution in [0.5, 0.6) is 0 Å². The fourth-order valence-electron chi connectivity index (χ4n) is 5.69. The molecule has 0 spiro atoms. The number of hydrogen-bond donors (Lipinski definition) is 0. The average molecular weight is 396 g/mol. The number of hydrogen-bond acceptors (Lipinski definition) is 3. The van der Waals surface area contributed by atoms with Crippen LogP contribution < -0.4 is 0 Å². The van der Waals surface area contributed by atoms with Crippen molar-refractivity contribution in [2.24, 2.45) is 0 Å². The van der Waals surface area contributed by atoms with Crippen LogP contribution in [0.3, 0.4) is 0 Å². The second kappa shape index (κ2) is 5.35. The molecule has 0 unspecified atom stereocenters. The summed E-state index contributed by atoms with van der Waals surface area (Å²) in [6, 6.07) is 19.6. The first-order valence-electron chi connectivity index (χ1n) is 10.6. The summed E-state index contributed by atoms with van der Waals surface area (Å²) in [5.41, 5.74) is 13.7. The number of benzene rings is 2. The third-order valence-electron chi connectivity index (χ3n) is 6.94. The van der Waals surface area contributed by atoms with E-state index in [0.717, 1.165) is 46.0 Å². The van der Waals surface area contributed by atoms with E-state index in [2.05, 4.69) is 57.9 Å². The smallest absolute Gasteiger partial charge is 0.164 e. The van der Waals surface area contributed by atoms with Crippen molar-refractivity contribution in [3.05, 3.63) is 95.6 Å². The minimum absolute atomic E-state index is 0.864. The number of pyridine rings is 3. The normalized spacial score (nSPS) is 13.5. The first-order valence-corrected chi connectivity index (χ1v) is 10.6. The van der Waals surface area contributed by atoms with E-state index in [1.54, 1.807) is 0 Å². The van der Waals surface area contributed by atoms with Crippen LogP contribution in [-0.4, -0.2) is 19.4 Å². The molecule has 0 amide bonds. The Labute approximate surface area is 177 Å². The Morgan fingerprint density at radius 1 is 0.742 bits per heavy atom. The van der Waals surface area contributed by atoms with Gasteiger partial charge < -0.3 is 0 Å². The molecule has 0 N–H and O–H groups in total. The molecule has 2 aliphatic carbocycles. The standard InChI is InChI=1S/C27H16N4/c1-2-5-18-15(4-1)12-16-7-8-17-13-21-26(24(17)23(16)18)31-22-9-11-28-14-20(22)19-6-3-10-29-25(19)27(31)30-21/h1-11,14H,12-13H2. The highest BCUT2D eigenvalue weighted by atomic mass is 15.1. The van der Waals surface area contributed by atoms with Crippen molar-refractivity contribution >= 4 is 27.5 Å². The molecule has 0 atom stereocenters. The molecule has 8 rings (SSSR count). The number of nitrogens with zero attached hydrogens (tertiary/aromatic N) is 4. The lowest BCUT2D eigenvalue weighted by Crippen LogP contribution is -1.97. The maximum Gasteiger partial charge on any atom is 0.164 e. The van der Waals surface area contributed by atoms with Crippen LogP contribution in [-0.2, 0) is 12.8 Å². The van der Waals surface area contributed by atoms with Gasteiger partial charge in [0.2, 0.25) is 0 Å².